The molecule has 2 aromatic carbocycles. The summed E-state index contributed by atoms with van der Waals surface area (Å²) < 4.78 is 30.4. The predicted molar refractivity (Wildman–Crippen MR) is 133 cm³/mol. The number of carbonyl (C=O) groups is 1. The lowest BCUT2D eigenvalue weighted by molar-refractivity contribution is 0.0997. The van der Waals surface area contributed by atoms with Crippen molar-refractivity contribution in [3.8, 4) is 0 Å². The number of hydrogen-bond acceptors (Lipinski definition) is 4. The molecule has 1 aromatic heterocycles. The first-order valence-corrected chi connectivity index (χ1v) is 13.4. The number of sulfonamides is 1. The van der Waals surface area contributed by atoms with Crippen molar-refractivity contribution in [1.82, 2.24) is 8.87 Å². The molecule has 1 saturated heterocycles. The van der Waals surface area contributed by atoms with Gasteiger partial charge in [0.2, 0.25) is 10.0 Å². The molecule has 0 N–H and O–H groups in total. The van der Waals surface area contributed by atoms with Gasteiger partial charge in [-0.1, -0.05) is 35.9 Å². The summed E-state index contributed by atoms with van der Waals surface area (Å²) in [7, 11) is -3.57. The van der Waals surface area contributed by atoms with Crippen molar-refractivity contribution < 1.29 is 13.2 Å². The number of allylic oxidation sites excluding steroid dienone is 1. The molecule has 0 radical (unpaired) electrons. The maximum atomic E-state index is 13.0. The van der Waals surface area contributed by atoms with E-state index in [2.05, 4.69) is 18.5 Å². The number of amides is 1. The van der Waals surface area contributed by atoms with E-state index >= 15 is 0 Å². The highest BCUT2D eigenvalue weighted by atomic mass is 35.5. The molecule has 2 heterocycles. The van der Waals surface area contributed by atoms with Gasteiger partial charge in [-0.25, -0.2) is 8.42 Å². The van der Waals surface area contributed by atoms with E-state index in [1.54, 1.807) is 6.08 Å². The van der Waals surface area contributed by atoms with Crippen LogP contribution in [-0.2, 0) is 16.6 Å². The molecule has 1 unspecified atom stereocenters. The van der Waals surface area contributed by atoms with Crippen LogP contribution in [0.25, 0.3) is 10.2 Å². The number of fused-ring (bicyclic) bond motifs is 1. The minimum Gasteiger partial charge on any atom is -0.312 e. The van der Waals surface area contributed by atoms with Gasteiger partial charge in [-0.2, -0.15) is 9.30 Å². The van der Waals surface area contributed by atoms with Gasteiger partial charge >= 0.3 is 0 Å². The lowest BCUT2D eigenvalue weighted by Gasteiger charge is -2.30. The second-order valence-electron chi connectivity index (χ2n) is 8.35. The van der Waals surface area contributed by atoms with E-state index < -0.39 is 15.9 Å². The number of nitrogens with zero attached hydrogens (tertiary/aromatic N) is 3. The number of piperidine rings is 1. The van der Waals surface area contributed by atoms with Gasteiger partial charge in [0.25, 0.3) is 5.91 Å². The number of rotatable bonds is 5. The van der Waals surface area contributed by atoms with E-state index in [0.717, 1.165) is 28.6 Å². The molecule has 1 amide bonds. The van der Waals surface area contributed by atoms with Crippen LogP contribution in [0, 0.1) is 12.8 Å². The third-order valence-corrected chi connectivity index (χ3v) is 9.23. The molecular weight excluding hydrogens is 478 g/mol. The fourth-order valence-electron chi connectivity index (χ4n) is 4.13. The summed E-state index contributed by atoms with van der Waals surface area (Å²) in [6.07, 6.45) is 3.65. The first kappa shape index (κ1) is 23.9. The molecular formula is C24H26ClN3O3S2. The molecule has 3 aromatic rings. The van der Waals surface area contributed by atoms with Crippen molar-refractivity contribution in [2.45, 2.75) is 38.1 Å². The van der Waals surface area contributed by atoms with E-state index in [0.29, 0.717) is 40.9 Å². The molecule has 1 aliphatic rings. The van der Waals surface area contributed by atoms with Crippen molar-refractivity contribution in [2.75, 3.05) is 13.1 Å². The monoisotopic (exact) mass is 503 g/mol. The summed E-state index contributed by atoms with van der Waals surface area (Å²) in [5.41, 5.74) is 2.18. The second kappa shape index (κ2) is 9.54. The van der Waals surface area contributed by atoms with Crippen LogP contribution in [0.5, 0.6) is 0 Å². The first-order chi connectivity index (χ1) is 15.7. The molecule has 0 bridgehead atoms. The Morgan fingerprint density at radius 1 is 1.27 bits per heavy atom. The van der Waals surface area contributed by atoms with Crippen molar-refractivity contribution in [2.24, 2.45) is 10.9 Å². The van der Waals surface area contributed by atoms with Gasteiger partial charge in [-0.05, 0) is 67.6 Å². The Labute approximate surface area is 202 Å². The number of aromatic nitrogens is 1. The molecule has 4 rings (SSSR count). The largest absolute Gasteiger partial charge is 0.312 e. The second-order valence-corrected chi connectivity index (χ2v) is 11.7. The Balaban J connectivity index is 1.67. The Morgan fingerprint density at radius 2 is 2.00 bits per heavy atom. The van der Waals surface area contributed by atoms with Crippen LogP contribution in [0.3, 0.4) is 0 Å². The smallest absolute Gasteiger partial charge is 0.279 e. The number of halogens is 1. The molecule has 0 spiro atoms. The van der Waals surface area contributed by atoms with Gasteiger partial charge in [-0.3, -0.25) is 4.79 Å². The number of carbonyl (C=O) groups excluding carboxylic acids is 1. The molecule has 1 aliphatic heterocycles. The highest BCUT2D eigenvalue weighted by molar-refractivity contribution is 7.89. The van der Waals surface area contributed by atoms with E-state index in [-0.39, 0.29) is 4.90 Å². The van der Waals surface area contributed by atoms with Crippen LogP contribution in [0.4, 0.5) is 0 Å². The summed E-state index contributed by atoms with van der Waals surface area (Å²) in [5, 5.41) is 0.649. The van der Waals surface area contributed by atoms with Gasteiger partial charge in [0.05, 0.1) is 15.1 Å². The molecule has 33 heavy (non-hydrogen) atoms. The Kier molecular flexibility index (Phi) is 6.91. The van der Waals surface area contributed by atoms with Crippen LogP contribution < -0.4 is 4.80 Å². The van der Waals surface area contributed by atoms with E-state index in [4.69, 9.17) is 11.6 Å². The lowest BCUT2D eigenvalue weighted by atomic mass is 10.0. The quantitative estimate of drug-likeness (QED) is 0.459. The van der Waals surface area contributed by atoms with Crippen LogP contribution in [0.2, 0.25) is 5.02 Å². The maximum Gasteiger partial charge on any atom is 0.279 e. The third kappa shape index (κ3) is 4.71. The van der Waals surface area contributed by atoms with Crippen molar-refractivity contribution in [3.63, 3.8) is 0 Å². The Bertz CT molecular complexity index is 1390. The summed E-state index contributed by atoms with van der Waals surface area (Å²) >= 11 is 7.70. The number of thiazole rings is 1. The predicted octanol–water partition coefficient (Wildman–Crippen LogP) is 5.01. The molecule has 0 saturated carbocycles. The topological polar surface area (TPSA) is 71.7 Å². The molecule has 1 fully saturated rings. The number of benzene rings is 2. The van der Waals surface area contributed by atoms with Gasteiger partial charge in [0.15, 0.2) is 4.80 Å². The van der Waals surface area contributed by atoms with E-state index in [9.17, 15) is 13.2 Å². The van der Waals surface area contributed by atoms with Gasteiger partial charge < -0.3 is 4.57 Å². The normalized spacial score (nSPS) is 18.0. The van der Waals surface area contributed by atoms with Crippen LogP contribution in [-0.4, -0.2) is 36.3 Å². The third-order valence-electron chi connectivity index (χ3n) is 5.90. The Hall–Kier alpha value is -2.26. The summed E-state index contributed by atoms with van der Waals surface area (Å²) in [4.78, 5) is 18.0. The molecule has 0 aliphatic carbocycles. The van der Waals surface area contributed by atoms with Crippen molar-refractivity contribution in [1.29, 1.82) is 0 Å². The summed E-state index contributed by atoms with van der Waals surface area (Å²) in [5.74, 6) is -0.0890. The molecule has 6 nitrogen and oxygen atoms in total. The Morgan fingerprint density at radius 3 is 2.67 bits per heavy atom. The van der Waals surface area contributed by atoms with Crippen LogP contribution in [0.15, 0.2) is 58.9 Å². The van der Waals surface area contributed by atoms with Crippen molar-refractivity contribution in [3.05, 3.63) is 70.0 Å². The summed E-state index contributed by atoms with van der Waals surface area (Å²) in [6.45, 7) is 9.35. The average Bonchev–Trinajstić information content (AvgIpc) is 3.14. The number of aryl methyl sites for hydroxylation is 1. The van der Waals surface area contributed by atoms with Crippen LogP contribution >= 0.6 is 22.9 Å². The maximum absolute atomic E-state index is 13.0. The van der Waals surface area contributed by atoms with E-state index in [1.165, 1.54) is 39.9 Å². The highest BCUT2D eigenvalue weighted by Crippen LogP contribution is 2.27. The minimum atomic E-state index is -3.57. The standard InChI is InChI=1S/C24H26ClN3O3S2/c1-4-13-28-22-17(3)20(25)11-12-21(22)32-24(28)26-23(29)18-7-9-19(10-8-18)33(30,31)27-14-5-6-16(2)15-27/h4,7-12,16H,1,5-6,13-15H2,2-3H3. The zero-order valence-corrected chi connectivity index (χ0v) is 21.0. The zero-order chi connectivity index (χ0) is 23.8. The average molecular weight is 504 g/mol. The van der Waals surface area contributed by atoms with Crippen molar-refractivity contribution >= 4 is 49.1 Å². The molecule has 1 atom stereocenters. The molecule has 174 valence electrons. The highest BCUT2D eigenvalue weighted by Gasteiger charge is 2.28. The van der Waals surface area contributed by atoms with Gasteiger partial charge in [-0.15, -0.1) is 6.58 Å². The SMILES string of the molecule is C=CCn1c(=NC(=O)c2ccc(S(=O)(=O)N3CCCC(C)C3)cc2)sc2ccc(Cl)c(C)c21. The molecule has 9 heteroatoms. The fraction of sp³-hybridized carbons (Fsp3) is 0.333. The fourth-order valence-corrected chi connectivity index (χ4v) is 6.98. The lowest BCUT2D eigenvalue weighted by Crippen LogP contribution is -2.39. The van der Waals surface area contributed by atoms with Gasteiger partial charge in [0, 0.05) is 30.2 Å². The van der Waals surface area contributed by atoms with Gasteiger partial charge in [0.1, 0.15) is 0 Å². The summed E-state index contributed by atoms with van der Waals surface area (Å²) in [6, 6.07) is 9.79. The van der Waals surface area contributed by atoms with E-state index in [1.807, 2.05) is 23.6 Å². The minimum absolute atomic E-state index is 0.196. The zero-order valence-electron chi connectivity index (χ0n) is 18.6. The first-order valence-electron chi connectivity index (χ1n) is 10.8. The van der Waals surface area contributed by atoms with Crippen LogP contribution in [0.1, 0.15) is 35.7 Å². The number of hydrogen-bond donors (Lipinski definition) is 0.